The zero-order valence-corrected chi connectivity index (χ0v) is 7.27. The molecule has 0 bridgehead atoms. The van der Waals surface area contributed by atoms with E-state index in [4.69, 9.17) is 4.74 Å². The summed E-state index contributed by atoms with van der Waals surface area (Å²) in [7, 11) is -6.00. The second-order valence-corrected chi connectivity index (χ2v) is 2.32. The van der Waals surface area contributed by atoms with Crippen molar-refractivity contribution in [3.05, 3.63) is 12.0 Å². The van der Waals surface area contributed by atoms with Crippen molar-refractivity contribution in [2.24, 2.45) is 0 Å². The topological polar surface area (TPSA) is 25.8 Å². The second-order valence-electron chi connectivity index (χ2n) is 2.32. The third-order valence-corrected chi connectivity index (χ3v) is 1.17. The number of rotatable bonds is 2. The molecule has 0 spiro atoms. The summed E-state index contributed by atoms with van der Waals surface area (Å²) in [4.78, 5) is 0. The van der Waals surface area contributed by atoms with Gasteiger partial charge < -0.3 is 22.0 Å². The van der Waals surface area contributed by atoms with Gasteiger partial charge in [-0.3, -0.25) is 5.32 Å². The Morgan fingerprint density at radius 3 is 2.31 bits per heavy atom. The first-order chi connectivity index (χ1) is 5.93. The van der Waals surface area contributed by atoms with Crippen LogP contribution in [0, 0.1) is 0 Å². The molecule has 7 heteroatoms. The van der Waals surface area contributed by atoms with Crippen molar-refractivity contribution < 1.29 is 27.3 Å². The first-order valence-corrected chi connectivity index (χ1v) is 3.97. The molecular weight excluding hydrogens is 189 g/mol. The minimum Gasteiger partial charge on any atom is -0.453 e. The SMILES string of the molecule is CCOC1=CCC[NH2+]1.F[B-](F)(F)F. The third kappa shape index (κ3) is 11.3. The summed E-state index contributed by atoms with van der Waals surface area (Å²) in [5.41, 5.74) is 0. The van der Waals surface area contributed by atoms with Gasteiger partial charge >= 0.3 is 7.25 Å². The molecule has 1 heterocycles. The van der Waals surface area contributed by atoms with E-state index >= 15 is 0 Å². The molecular formula is C6H12BF4NO. The molecule has 0 aliphatic carbocycles. The fourth-order valence-corrected chi connectivity index (χ4v) is 0.819. The van der Waals surface area contributed by atoms with Gasteiger partial charge in [-0.2, -0.15) is 0 Å². The van der Waals surface area contributed by atoms with Gasteiger partial charge in [-0.05, 0) is 6.92 Å². The van der Waals surface area contributed by atoms with Crippen molar-refractivity contribution in [1.29, 1.82) is 0 Å². The average molecular weight is 201 g/mol. The van der Waals surface area contributed by atoms with Crippen LogP contribution in [0.25, 0.3) is 0 Å². The Morgan fingerprint density at radius 2 is 2.00 bits per heavy atom. The molecule has 0 radical (unpaired) electrons. The number of hydrogen-bond acceptors (Lipinski definition) is 1. The van der Waals surface area contributed by atoms with Crippen LogP contribution in [0.15, 0.2) is 12.0 Å². The predicted molar refractivity (Wildman–Crippen MR) is 41.3 cm³/mol. The van der Waals surface area contributed by atoms with Gasteiger partial charge in [0.25, 0.3) is 5.88 Å². The largest absolute Gasteiger partial charge is 0.673 e. The smallest absolute Gasteiger partial charge is 0.453 e. The quantitative estimate of drug-likeness (QED) is 0.525. The monoisotopic (exact) mass is 201 g/mol. The Balaban J connectivity index is 0.000000252. The highest BCUT2D eigenvalue weighted by Gasteiger charge is 2.20. The Labute approximate surface area is 74.1 Å². The van der Waals surface area contributed by atoms with Crippen LogP contribution in [-0.4, -0.2) is 20.4 Å². The molecule has 1 rings (SSSR count). The maximum absolute atomic E-state index is 9.75. The third-order valence-electron chi connectivity index (χ3n) is 1.17. The van der Waals surface area contributed by atoms with Gasteiger partial charge in [-0.15, -0.1) is 0 Å². The maximum Gasteiger partial charge on any atom is 0.673 e. The molecule has 0 saturated carbocycles. The van der Waals surface area contributed by atoms with Crippen LogP contribution in [0.5, 0.6) is 0 Å². The summed E-state index contributed by atoms with van der Waals surface area (Å²) in [6.45, 7) is 3.96. The number of hydrogen-bond donors (Lipinski definition) is 1. The standard InChI is InChI=1S/C6H11NO.BF4/c1-2-8-6-4-3-5-7-6;2-1(3,4)5/h4,7H,2-3,5H2,1H3;/q;-1/p+1. The van der Waals surface area contributed by atoms with E-state index in [0.717, 1.165) is 25.5 Å². The number of ether oxygens (including phenoxy) is 1. The van der Waals surface area contributed by atoms with Gasteiger partial charge in [-0.1, -0.05) is 0 Å². The lowest BCUT2D eigenvalue weighted by molar-refractivity contribution is -0.623. The lowest BCUT2D eigenvalue weighted by atomic mass is 10.3. The lowest BCUT2D eigenvalue weighted by Crippen LogP contribution is -2.80. The number of quaternary nitrogens is 1. The Hall–Kier alpha value is -0.715. The highest BCUT2D eigenvalue weighted by atomic mass is 19.5. The predicted octanol–water partition coefficient (Wildman–Crippen LogP) is 1.13. The normalized spacial score (nSPS) is 15.9. The molecule has 0 fully saturated rings. The van der Waals surface area contributed by atoms with Crippen LogP contribution in [0.2, 0.25) is 0 Å². The number of halogens is 4. The Bertz CT molecular complexity index is 165. The van der Waals surface area contributed by atoms with Crippen LogP contribution in [0.1, 0.15) is 13.3 Å². The zero-order valence-electron chi connectivity index (χ0n) is 7.27. The van der Waals surface area contributed by atoms with E-state index in [2.05, 4.69) is 11.4 Å². The van der Waals surface area contributed by atoms with Crippen LogP contribution in [0.4, 0.5) is 17.3 Å². The van der Waals surface area contributed by atoms with E-state index in [1.165, 1.54) is 0 Å². The molecule has 0 amide bonds. The van der Waals surface area contributed by atoms with Gasteiger partial charge in [0.1, 0.15) is 0 Å². The van der Waals surface area contributed by atoms with Crippen molar-refractivity contribution in [2.45, 2.75) is 13.3 Å². The first-order valence-electron chi connectivity index (χ1n) is 3.97. The molecule has 0 aromatic carbocycles. The molecule has 78 valence electrons. The van der Waals surface area contributed by atoms with Crippen LogP contribution in [-0.2, 0) is 4.74 Å². The van der Waals surface area contributed by atoms with Gasteiger partial charge in [0.15, 0.2) is 0 Å². The maximum atomic E-state index is 9.75. The molecule has 0 atom stereocenters. The van der Waals surface area contributed by atoms with Gasteiger partial charge in [-0.25, -0.2) is 0 Å². The molecule has 0 aromatic heterocycles. The average Bonchev–Trinajstić information content (AvgIpc) is 2.36. The van der Waals surface area contributed by atoms with E-state index < -0.39 is 7.25 Å². The van der Waals surface area contributed by atoms with Crippen LogP contribution in [0.3, 0.4) is 0 Å². The molecule has 0 aromatic rings. The fourth-order valence-electron chi connectivity index (χ4n) is 0.819. The van der Waals surface area contributed by atoms with Gasteiger partial charge in [0.05, 0.1) is 13.2 Å². The lowest BCUT2D eigenvalue weighted by Gasteiger charge is -1.96. The summed E-state index contributed by atoms with van der Waals surface area (Å²) < 4.78 is 44.2. The molecule has 2 N–H and O–H groups in total. The van der Waals surface area contributed by atoms with E-state index in [1.54, 1.807) is 0 Å². The van der Waals surface area contributed by atoms with Gasteiger partial charge in [0.2, 0.25) is 0 Å². The summed E-state index contributed by atoms with van der Waals surface area (Å²) in [6.07, 6.45) is 3.29. The van der Waals surface area contributed by atoms with Crippen molar-refractivity contribution in [3.63, 3.8) is 0 Å². The van der Waals surface area contributed by atoms with Crippen molar-refractivity contribution in [1.82, 2.24) is 0 Å². The molecule has 0 saturated heterocycles. The van der Waals surface area contributed by atoms with E-state index in [0.29, 0.717) is 0 Å². The van der Waals surface area contributed by atoms with Crippen molar-refractivity contribution >= 4 is 7.25 Å². The van der Waals surface area contributed by atoms with Crippen LogP contribution >= 0.6 is 0 Å². The summed E-state index contributed by atoms with van der Waals surface area (Å²) in [5, 5.41) is 2.13. The minimum atomic E-state index is -6.00. The molecule has 1 aliphatic rings. The van der Waals surface area contributed by atoms with E-state index in [1.807, 2.05) is 6.92 Å². The number of nitrogens with two attached hydrogens (primary N) is 1. The summed E-state index contributed by atoms with van der Waals surface area (Å²) >= 11 is 0. The second kappa shape index (κ2) is 5.85. The highest BCUT2D eigenvalue weighted by Crippen LogP contribution is 2.06. The molecule has 2 nitrogen and oxygen atoms in total. The van der Waals surface area contributed by atoms with E-state index in [9.17, 15) is 17.3 Å². The Kier molecular flexibility index (Phi) is 5.53. The van der Waals surface area contributed by atoms with Gasteiger partial charge in [0, 0.05) is 12.5 Å². The first kappa shape index (κ1) is 12.3. The van der Waals surface area contributed by atoms with E-state index in [-0.39, 0.29) is 0 Å². The fraction of sp³-hybridized carbons (Fsp3) is 0.667. The van der Waals surface area contributed by atoms with Crippen LogP contribution < -0.4 is 5.32 Å². The zero-order chi connectivity index (χ0) is 10.3. The molecule has 13 heavy (non-hydrogen) atoms. The highest BCUT2D eigenvalue weighted by molar-refractivity contribution is 6.50. The van der Waals surface area contributed by atoms with Crippen molar-refractivity contribution in [2.75, 3.05) is 13.2 Å². The molecule has 0 unspecified atom stereocenters. The molecule has 1 aliphatic heterocycles. The summed E-state index contributed by atoms with van der Waals surface area (Å²) in [5.74, 6) is 1.08. The van der Waals surface area contributed by atoms with Crippen molar-refractivity contribution in [3.8, 4) is 0 Å². The Morgan fingerprint density at radius 1 is 1.46 bits per heavy atom. The minimum absolute atomic E-state index is 0.794. The summed E-state index contributed by atoms with van der Waals surface area (Å²) in [6, 6.07) is 0.